The number of rotatable bonds is 4. The lowest BCUT2D eigenvalue weighted by Crippen LogP contribution is -2.18. The third-order valence-corrected chi connectivity index (χ3v) is 2.74. The highest BCUT2D eigenvalue weighted by atomic mass is 35.5. The highest BCUT2D eigenvalue weighted by Crippen LogP contribution is 2.26. The van der Waals surface area contributed by atoms with Crippen LogP contribution in [0.4, 0.5) is 0 Å². The van der Waals surface area contributed by atoms with Crippen LogP contribution in [0.3, 0.4) is 0 Å². The van der Waals surface area contributed by atoms with Gasteiger partial charge in [0.2, 0.25) is 0 Å². The lowest BCUT2D eigenvalue weighted by atomic mass is 10.1. The molecule has 3 nitrogen and oxygen atoms in total. The maximum Gasteiger partial charge on any atom is 0.129 e. The SMILES string of the molecule is Cc1cc(OCC(O)CCl)c2cc[nH]c2c1. The van der Waals surface area contributed by atoms with Crippen LogP contribution in [0, 0.1) is 6.92 Å². The number of alkyl halides is 1. The fourth-order valence-corrected chi connectivity index (χ4v) is 1.71. The molecule has 1 aromatic carbocycles. The number of aliphatic hydroxyl groups is 1. The van der Waals surface area contributed by atoms with Crippen LogP contribution in [-0.4, -0.2) is 28.7 Å². The first kappa shape index (κ1) is 11.3. The van der Waals surface area contributed by atoms with E-state index in [1.807, 2.05) is 25.3 Å². The Morgan fingerprint density at radius 3 is 3.06 bits per heavy atom. The second kappa shape index (κ2) is 4.76. The number of fused-ring (bicyclic) bond motifs is 1. The van der Waals surface area contributed by atoms with Gasteiger partial charge in [-0.25, -0.2) is 0 Å². The fourth-order valence-electron chi connectivity index (χ4n) is 1.62. The third kappa shape index (κ3) is 2.31. The highest BCUT2D eigenvalue weighted by Gasteiger charge is 2.07. The Morgan fingerprint density at radius 1 is 1.50 bits per heavy atom. The van der Waals surface area contributed by atoms with Gasteiger partial charge in [-0.3, -0.25) is 0 Å². The van der Waals surface area contributed by atoms with Crippen molar-refractivity contribution >= 4 is 22.5 Å². The largest absolute Gasteiger partial charge is 0.490 e. The van der Waals surface area contributed by atoms with E-state index in [1.54, 1.807) is 0 Å². The summed E-state index contributed by atoms with van der Waals surface area (Å²) >= 11 is 5.51. The zero-order valence-corrected chi connectivity index (χ0v) is 9.79. The summed E-state index contributed by atoms with van der Waals surface area (Å²) in [7, 11) is 0. The number of H-pyrrole nitrogens is 1. The number of hydrogen-bond acceptors (Lipinski definition) is 2. The molecule has 0 spiro atoms. The predicted octanol–water partition coefficient (Wildman–Crippen LogP) is 2.45. The van der Waals surface area contributed by atoms with Crippen LogP contribution in [0.2, 0.25) is 0 Å². The van der Waals surface area contributed by atoms with E-state index in [1.165, 1.54) is 0 Å². The molecule has 1 unspecified atom stereocenters. The molecule has 0 aliphatic heterocycles. The number of aryl methyl sites for hydroxylation is 1. The molecule has 1 aromatic heterocycles. The maximum absolute atomic E-state index is 9.35. The van der Waals surface area contributed by atoms with Gasteiger partial charge in [-0.15, -0.1) is 11.6 Å². The smallest absolute Gasteiger partial charge is 0.129 e. The Labute approximate surface area is 99.0 Å². The Kier molecular flexibility index (Phi) is 3.36. The maximum atomic E-state index is 9.35. The van der Waals surface area contributed by atoms with Crippen molar-refractivity contribution in [2.24, 2.45) is 0 Å². The van der Waals surface area contributed by atoms with E-state index in [4.69, 9.17) is 16.3 Å². The van der Waals surface area contributed by atoms with Crippen molar-refractivity contribution in [1.29, 1.82) is 0 Å². The molecular weight excluding hydrogens is 226 g/mol. The zero-order chi connectivity index (χ0) is 11.5. The molecule has 2 N–H and O–H groups in total. The van der Waals surface area contributed by atoms with Gasteiger partial charge in [0, 0.05) is 17.1 Å². The molecule has 0 aliphatic rings. The molecule has 2 aromatic rings. The van der Waals surface area contributed by atoms with Gasteiger partial charge in [0.05, 0.1) is 5.88 Å². The zero-order valence-electron chi connectivity index (χ0n) is 9.03. The molecule has 0 saturated heterocycles. The van der Waals surface area contributed by atoms with Crippen molar-refractivity contribution < 1.29 is 9.84 Å². The normalized spacial score (nSPS) is 12.9. The lowest BCUT2D eigenvalue weighted by molar-refractivity contribution is 0.126. The lowest BCUT2D eigenvalue weighted by Gasteiger charge is -2.11. The number of nitrogens with one attached hydrogen (secondary N) is 1. The van der Waals surface area contributed by atoms with Gasteiger partial charge in [-0.1, -0.05) is 0 Å². The molecule has 1 atom stereocenters. The summed E-state index contributed by atoms with van der Waals surface area (Å²) in [6.45, 7) is 2.22. The number of hydrogen-bond donors (Lipinski definition) is 2. The second-order valence-corrected chi connectivity index (χ2v) is 4.13. The Morgan fingerprint density at radius 2 is 2.31 bits per heavy atom. The van der Waals surface area contributed by atoms with Crippen LogP contribution in [0.1, 0.15) is 5.56 Å². The number of aromatic nitrogens is 1. The summed E-state index contributed by atoms with van der Waals surface area (Å²) in [5.74, 6) is 0.961. The molecule has 16 heavy (non-hydrogen) atoms. The molecule has 0 aliphatic carbocycles. The standard InChI is InChI=1S/C12H14ClNO2/c1-8-4-11-10(2-3-14-11)12(5-8)16-7-9(15)6-13/h2-5,9,14-15H,6-7H2,1H3. The summed E-state index contributed by atoms with van der Waals surface area (Å²) in [5, 5.41) is 10.4. The third-order valence-electron chi connectivity index (χ3n) is 2.38. The fraction of sp³-hybridized carbons (Fsp3) is 0.333. The Balaban J connectivity index is 2.25. The average molecular weight is 240 g/mol. The van der Waals surface area contributed by atoms with E-state index in [-0.39, 0.29) is 12.5 Å². The van der Waals surface area contributed by atoms with E-state index >= 15 is 0 Å². The van der Waals surface area contributed by atoms with Gasteiger partial charge in [0.25, 0.3) is 0 Å². The van der Waals surface area contributed by atoms with E-state index in [9.17, 15) is 5.11 Å². The summed E-state index contributed by atoms with van der Waals surface area (Å²) < 4.78 is 5.56. The average Bonchev–Trinajstić information content (AvgIpc) is 2.73. The van der Waals surface area contributed by atoms with Crippen LogP contribution < -0.4 is 4.74 Å². The Bertz CT molecular complexity index is 481. The first-order valence-corrected chi connectivity index (χ1v) is 5.68. The predicted molar refractivity (Wildman–Crippen MR) is 65.3 cm³/mol. The number of aromatic amines is 1. The number of aliphatic hydroxyl groups excluding tert-OH is 1. The van der Waals surface area contributed by atoms with Gasteiger partial charge < -0.3 is 14.8 Å². The van der Waals surface area contributed by atoms with Crippen molar-refractivity contribution in [2.45, 2.75) is 13.0 Å². The summed E-state index contributed by atoms with van der Waals surface area (Å²) in [6, 6.07) is 5.97. The first-order chi connectivity index (χ1) is 7.70. The van der Waals surface area contributed by atoms with Crippen LogP contribution in [0.5, 0.6) is 5.75 Å². The van der Waals surface area contributed by atoms with Crippen molar-refractivity contribution in [2.75, 3.05) is 12.5 Å². The minimum Gasteiger partial charge on any atom is -0.490 e. The molecule has 0 saturated carbocycles. The topological polar surface area (TPSA) is 45.2 Å². The van der Waals surface area contributed by atoms with Crippen molar-refractivity contribution in [3.8, 4) is 5.75 Å². The van der Waals surface area contributed by atoms with Gasteiger partial charge in [0.15, 0.2) is 0 Å². The van der Waals surface area contributed by atoms with Crippen LogP contribution in [-0.2, 0) is 0 Å². The highest BCUT2D eigenvalue weighted by molar-refractivity contribution is 6.18. The number of benzene rings is 1. The summed E-state index contributed by atoms with van der Waals surface area (Å²) in [6.07, 6.45) is 1.24. The van der Waals surface area contributed by atoms with Gasteiger partial charge in [-0.05, 0) is 30.7 Å². The van der Waals surface area contributed by atoms with E-state index < -0.39 is 6.10 Å². The monoisotopic (exact) mass is 239 g/mol. The van der Waals surface area contributed by atoms with Gasteiger partial charge >= 0.3 is 0 Å². The minimum atomic E-state index is -0.629. The summed E-state index contributed by atoms with van der Waals surface area (Å²) in [5.41, 5.74) is 2.15. The Hall–Kier alpha value is -1.19. The van der Waals surface area contributed by atoms with E-state index in [0.717, 1.165) is 22.2 Å². The molecule has 1 heterocycles. The van der Waals surface area contributed by atoms with E-state index in [2.05, 4.69) is 11.1 Å². The van der Waals surface area contributed by atoms with Gasteiger partial charge in [0.1, 0.15) is 18.5 Å². The first-order valence-electron chi connectivity index (χ1n) is 5.15. The molecule has 0 radical (unpaired) electrons. The van der Waals surface area contributed by atoms with Gasteiger partial charge in [-0.2, -0.15) is 0 Å². The van der Waals surface area contributed by atoms with E-state index in [0.29, 0.717) is 0 Å². The van der Waals surface area contributed by atoms with Crippen LogP contribution in [0.25, 0.3) is 10.9 Å². The molecule has 2 rings (SSSR count). The summed E-state index contributed by atoms with van der Waals surface area (Å²) in [4.78, 5) is 3.13. The van der Waals surface area contributed by atoms with Crippen LogP contribution in [0.15, 0.2) is 24.4 Å². The van der Waals surface area contributed by atoms with Crippen molar-refractivity contribution in [3.05, 3.63) is 30.0 Å². The molecular formula is C12H14ClNO2. The number of halogens is 1. The van der Waals surface area contributed by atoms with Crippen molar-refractivity contribution in [3.63, 3.8) is 0 Å². The van der Waals surface area contributed by atoms with Crippen molar-refractivity contribution in [1.82, 2.24) is 4.98 Å². The molecule has 86 valence electrons. The molecule has 0 fully saturated rings. The number of ether oxygens (including phenoxy) is 1. The molecule has 4 heteroatoms. The van der Waals surface area contributed by atoms with Crippen LogP contribution >= 0.6 is 11.6 Å². The second-order valence-electron chi connectivity index (χ2n) is 3.82. The quantitative estimate of drug-likeness (QED) is 0.805. The molecule has 0 bridgehead atoms. The minimum absolute atomic E-state index is 0.183. The molecule has 0 amide bonds.